The number of hydrogen-bond donors (Lipinski definition) is 1. The Bertz CT molecular complexity index is 203. The van der Waals surface area contributed by atoms with Crippen LogP contribution in [0.1, 0.15) is 5.56 Å². The Morgan fingerprint density at radius 3 is 2.70 bits per heavy atom. The van der Waals surface area contributed by atoms with Crippen molar-refractivity contribution in [1.82, 2.24) is 0 Å². The van der Waals surface area contributed by atoms with Crippen LogP contribution in [-0.2, 0) is 6.54 Å². The summed E-state index contributed by atoms with van der Waals surface area (Å²) in [6, 6.07) is 7.15. The number of hydrogen-bond acceptors (Lipinski definition) is 1. The van der Waals surface area contributed by atoms with Gasteiger partial charge in [-0.15, -0.1) is 11.6 Å². The van der Waals surface area contributed by atoms with E-state index >= 15 is 0 Å². The average Bonchev–Trinajstić information content (AvgIpc) is 1.89. The van der Waals surface area contributed by atoms with Gasteiger partial charge in [-0.1, -0.05) is 0 Å². The molecule has 0 heterocycles. The largest absolute Gasteiger partial charge is 1.00 e. The summed E-state index contributed by atoms with van der Waals surface area (Å²) in [5.41, 5.74) is 5.73. The van der Waals surface area contributed by atoms with Gasteiger partial charge in [0.1, 0.15) is 0 Å². The quantitative estimate of drug-likeness (QED) is 0.349. The van der Waals surface area contributed by atoms with Crippen LogP contribution in [0, 0.1) is 11.9 Å². The van der Waals surface area contributed by atoms with Crippen LogP contribution >= 0.6 is 0 Å². The summed E-state index contributed by atoms with van der Waals surface area (Å²) in [4.78, 5) is 0. The predicted molar refractivity (Wildman–Crippen MR) is 33.1 cm³/mol. The van der Waals surface area contributed by atoms with Gasteiger partial charge in [-0.25, -0.2) is 0 Å². The molecule has 0 atom stereocenters. The summed E-state index contributed by atoms with van der Waals surface area (Å²) in [5, 5.41) is 0. The second-order valence-electron chi connectivity index (χ2n) is 1.72. The molecule has 48 valence electrons. The SMILES string of the molecule is NCc1cc[c-]cc1F.[Li+]. The smallest absolute Gasteiger partial charge is 0.328 e. The van der Waals surface area contributed by atoms with E-state index in [9.17, 15) is 4.39 Å². The third-order valence-corrected chi connectivity index (χ3v) is 1.12. The number of nitrogens with two attached hydrogens (primary N) is 1. The van der Waals surface area contributed by atoms with Gasteiger partial charge in [-0.05, 0) is 6.54 Å². The molecule has 0 radical (unpaired) electrons. The molecule has 1 rings (SSSR count). The fraction of sp³-hybridized carbons (Fsp3) is 0.143. The second-order valence-corrected chi connectivity index (χ2v) is 1.72. The molecule has 0 fully saturated rings. The van der Waals surface area contributed by atoms with E-state index in [-0.39, 0.29) is 31.2 Å². The van der Waals surface area contributed by atoms with Crippen molar-refractivity contribution in [2.75, 3.05) is 0 Å². The maximum atomic E-state index is 12.5. The minimum Gasteiger partial charge on any atom is -0.328 e. The first-order valence-electron chi connectivity index (χ1n) is 2.69. The van der Waals surface area contributed by atoms with E-state index in [2.05, 4.69) is 6.07 Å². The first-order valence-corrected chi connectivity index (χ1v) is 2.69. The average molecular weight is 131 g/mol. The number of halogens is 1. The van der Waals surface area contributed by atoms with Crippen molar-refractivity contribution in [3.05, 3.63) is 35.6 Å². The molecular weight excluding hydrogens is 124 g/mol. The van der Waals surface area contributed by atoms with E-state index in [1.165, 1.54) is 6.07 Å². The first kappa shape index (κ1) is 9.71. The molecule has 0 spiro atoms. The van der Waals surface area contributed by atoms with E-state index < -0.39 is 0 Å². The number of benzene rings is 1. The summed E-state index contributed by atoms with van der Waals surface area (Å²) < 4.78 is 12.5. The van der Waals surface area contributed by atoms with E-state index in [1.807, 2.05) is 0 Å². The Kier molecular flexibility index (Phi) is 4.38. The normalized spacial score (nSPS) is 8.60. The molecule has 1 aromatic carbocycles. The molecule has 10 heavy (non-hydrogen) atoms. The minimum atomic E-state index is -0.278. The monoisotopic (exact) mass is 131 g/mol. The van der Waals surface area contributed by atoms with Crippen LogP contribution in [-0.4, -0.2) is 0 Å². The van der Waals surface area contributed by atoms with Gasteiger partial charge < -0.3 is 5.73 Å². The van der Waals surface area contributed by atoms with Gasteiger partial charge in [0.15, 0.2) is 0 Å². The fourth-order valence-electron chi connectivity index (χ4n) is 0.608. The minimum absolute atomic E-state index is 0. The van der Waals surface area contributed by atoms with Gasteiger partial charge >= 0.3 is 18.9 Å². The van der Waals surface area contributed by atoms with E-state index in [4.69, 9.17) is 5.73 Å². The molecule has 1 nitrogen and oxygen atoms in total. The van der Waals surface area contributed by atoms with Crippen molar-refractivity contribution >= 4 is 0 Å². The molecular formula is C7H7FLiN. The molecule has 0 bridgehead atoms. The number of rotatable bonds is 1. The van der Waals surface area contributed by atoms with Crippen LogP contribution in [0.5, 0.6) is 0 Å². The van der Waals surface area contributed by atoms with E-state index in [0.717, 1.165) is 0 Å². The Balaban J connectivity index is 0.000000810. The van der Waals surface area contributed by atoms with Crippen molar-refractivity contribution in [3.8, 4) is 0 Å². The molecule has 0 aromatic heterocycles. The van der Waals surface area contributed by atoms with Crippen LogP contribution in [0.25, 0.3) is 0 Å². The fourth-order valence-corrected chi connectivity index (χ4v) is 0.608. The standard InChI is InChI=1S/C7H7FN.Li/c8-7-4-2-1-3-6(7)5-9;/h1,3-4H,5,9H2;/q-1;+1. The molecule has 3 heteroatoms. The summed E-state index contributed by atoms with van der Waals surface area (Å²) in [5.74, 6) is -0.278. The predicted octanol–water partition coefficient (Wildman–Crippen LogP) is -1.91. The molecule has 0 aliphatic heterocycles. The van der Waals surface area contributed by atoms with Crippen LogP contribution < -0.4 is 24.6 Å². The first-order chi connectivity index (χ1) is 4.34. The van der Waals surface area contributed by atoms with Gasteiger partial charge in [-0.2, -0.15) is 18.2 Å². The topological polar surface area (TPSA) is 26.0 Å². The Labute approximate surface area is 71.6 Å². The van der Waals surface area contributed by atoms with Crippen molar-refractivity contribution in [2.24, 2.45) is 5.73 Å². The zero-order valence-corrected chi connectivity index (χ0v) is 5.89. The van der Waals surface area contributed by atoms with Gasteiger partial charge in [0.05, 0.1) is 0 Å². The molecule has 0 saturated carbocycles. The Morgan fingerprint density at radius 1 is 1.60 bits per heavy atom. The van der Waals surface area contributed by atoms with Gasteiger partial charge in [-0.3, -0.25) is 4.39 Å². The van der Waals surface area contributed by atoms with Gasteiger partial charge in [0, 0.05) is 5.82 Å². The van der Waals surface area contributed by atoms with Crippen molar-refractivity contribution < 1.29 is 23.3 Å². The summed E-state index contributed by atoms with van der Waals surface area (Å²) in [6.45, 7) is 0.251. The molecule has 0 unspecified atom stereocenters. The molecule has 0 amide bonds. The third kappa shape index (κ3) is 2.15. The van der Waals surface area contributed by atoms with Crippen LogP contribution in [0.2, 0.25) is 0 Å². The zero-order valence-electron chi connectivity index (χ0n) is 5.89. The molecule has 0 aliphatic carbocycles. The maximum absolute atomic E-state index is 12.5. The van der Waals surface area contributed by atoms with Crippen LogP contribution in [0.3, 0.4) is 0 Å². The van der Waals surface area contributed by atoms with Crippen molar-refractivity contribution in [1.29, 1.82) is 0 Å². The summed E-state index contributed by atoms with van der Waals surface area (Å²) in [6.07, 6.45) is 0. The Morgan fingerprint density at radius 2 is 2.30 bits per heavy atom. The molecule has 2 N–H and O–H groups in total. The van der Waals surface area contributed by atoms with Gasteiger partial charge in [0.25, 0.3) is 0 Å². The van der Waals surface area contributed by atoms with Crippen molar-refractivity contribution in [3.63, 3.8) is 0 Å². The molecule has 0 saturated heterocycles. The van der Waals surface area contributed by atoms with Crippen molar-refractivity contribution in [2.45, 2.75) is 6.54 Å². The zero-order chi connectivity index (χ0) is 6.69. The van der Waals surface area contributed by atoms with Gasteiger partial charge in [0.2, 0.25) is 0 Å². The summed E-state index contributed by atoms with van der Waals surface area (Å²) in [7, 11) is 0. The molecule has 1 aromatic rings. The van der Waals surface area contributed by atoms with Crippen LogP contribution in [0.4, 0.5) is 4.39 Å². The molecule has 0 aliphatic rings. The van der Waals surface area contributed by atoms with Crippen LogP contribution in [0.15, 0.2) is 18.2 Å². The summed E-state index contributed by atoms with van der Waals surface area (Å²) >= 11 is 0. The second kappa shape index (κ2) is 4.51. The third-order valence-electron chi connectivity index (χ3n) is 1.12. The maximum Gasteiger partial charge on any atom is 1.00 e. The van der Waals surface area contributed by atoms with E-state index in [0.29, 0.717) is 5.56 Å². The van der Waals surface area contributed by atoms with E-state index in [1.54, 1.807) is 12.1 Å². The Hall–Kier alpha value is -0.293.